The van der Waals surface area contributed by atoms with E-state index < -0.39 is 0 Å². The number of carbonyl (C=O) groups excluding carboxylic acids is 1. The molecule has 1 aromatic heterocycles. The highest BCUT2D eigenvalue weighted by Crippen LogP contribution is 2.30. The lowest BCUT2D eigenvalue weighted by molar-refractivity contribution is 0.0943. The predicted molar refractivity (Wildman–Crippen MR) is 112 cm³/mol. The van der Waals surface area contributed by atoms with Gasteiger partial charge in [0.2, 0.25) is 0 Å². The van der Waals surface area contributed by atoms with Gasteiger partial charge in [-0.05, 0) is 63.1 Å². The summed E-state index contributed by atoms with van der Waals surface area (Å²) >= 11 is 0. The second kappa shape index (κ2) is 7.36. The molecule has 150 valence electrons. The first kappa shape index (κ1) is 19.2. The SMILES string of the molecule is Cc1ccc(-n2nc(C(=O)NCCN3CCC(C)(C)C3)c3c2CCC3)c(C)c1. The van der Waals surface area contributed by atoms with Crippen molar-refractivity contribution in [3.05, 3.63) is 46.3 Å². The number of hydrogen-bond donors (Lipinski definition) is 1. The maximum Gasteiger partial charge on any atom is 0.272 e. The van der Waals surface area contributed by atoms with Gasteiger partial charge in [-0.1, -0.05) is 31.5 Å². The maximum absolute atomic E-state index is 12.9. The highest BCUT2D eigenvalue weighted by atomic mass is 16.2. The lowest BCUT2D eigenvalue weighted by atomic mass is 9.93. The van der Waals surface area contributed by atoms with Crippen molar-refractivity contribution in [1.82, 2.24) is 20.0 Å². The third kappa shape index (κ3) is 3.72. The number of rotatable bonds is 5. The molecular formula is C23H32N4O. The summed E-state index contributed by atoms with van der Waals surface area (Å²) in [5.41, 5.74) is 6.89. The normalized spacial score (nSPS) is 18.4. The molecule has 0 bridgehead atoms. The quantitative estimate of drug-likeness (QED) is 0.864. The molecule has 1 aromatic carbocycles. The molecule has 1 aliphatic carbocycles. The molecule has 1 N–H and O–H groups in total. The third-order valence-corrected chi connectivity index (χ3v) is 6.20. The summed E-state index contributed by atoms with van der Waals surface area (Å²) in [5, 5.41) is 7.87. The fourth-order valence-corrected chi connectivity index (χ4v) is 4.69. The van der Waals surface area contributed by atoms with Crippen LogP contribution >= 0.6 is 0 Å². The second-order valence-corrected chi connectivity index (χ2v) is 9.28. The molecule has 5 heteroatoms. The number of aryl methyl sites for hydroxylation is 2. The van der Waals surface area contributed by atoms with Crippen molar-refractivity contribution < 1.29 is 4.79 Å². The van der Waals surface area contributed by atoms with Crippen LogP contribution in [0.2, 0.25) is 0 Å². The third-order valence-electron chi connectivity index (χ3n) is 6.20. The van der Waals surface area contributed by atoms with Crippen LogP contribution in [-0.2, 0) is 12.8 Å². The van der Waals surface area contributed by atoms with E-state index in [2.05, 4.69) is 56.1 Å². The summed E-state index contributed by atoms with van der Waals surface area (Å²) in [6, 6.07) is 6.41. The summed E-state index contributed by atoms with van der Waals surface area (Å²) < 4.78 is 2.01. The fourth-order valence-electron chi connectivity index (χ4n) is 4.69. The lowest BCUT2D eigenvalue weighted by Gasteiger charge is -2.19. The second-order valence-electron chi connectivity index (χ2n) is 9.28. The van der Waals surface area contributed by atoms with Crippen molar-refractivity contribution >= 4 is 5.91 Å². The van der Waals surface area contributed by atoms with E-state index in [1.54, 1.807) is 0 Å². The van der Waals surface area contributed by atoms with Crippen molar-refractivity contribution in [2.75, 3.05) is 26.2 Å². The molecular weight excluding hydrogens is 348 g/mol. The molecule has 2 aromatic rings. The molecule has 0 radical (unpaired) electrons. The fraction of sp³-hybridized carbons (Fsp3) is 0.565. The lowest BCUT2D eigenvalue weighted by Crippen LogP contribution is -2.35. The first-order chi connectivity index (χ1) is 13.3. The molecule has 2 heterocycles. The Kier molecular flexibility index (Phi) is 5.04. The van der Waals surface area contributed by atoms with Crippen LogP contribution in [0.1, 0.15) is 59.6 Å². The number of fused-ring (bicyclic) bond motifs is 1. The topological polar surface area (TPSA) is 50.2 Å². The summed E-state index contributed by atoms with van der Waals surface area (Å²) in [4.78, 5) is 15.3. The Labute approximate surface area is 168 Å². The highest BCUT2D eigenvalue weighted by molar-refractivity contribution is 5.94. The first-order valence-corrected chi connectivity index (χ1v) is 10.5. The van der Waals surface area contributed by atoms with Gasteiger partial charge in [-0.2, -0.15) is 5.10 Å². The zero-order chi connectivity index (χ0) is 19.9. The smallest absolute Gasteiger partial charge is 0.272 e. The van der Waals surface area contributed by atoms with Gasteiger partial charge in [-0.3, -0.25) is 4.79 Å². The van der Waals surface area contributed by atoms with Crippen molar-refractivity contribution in [3.8, 4) is 5.69 Å². The van der Waals surface area contributed by atoms with Gasteiger partial charge < -0.3 is 10.2 Å². The van der Waals surface area contributed by atoms with E-state index in [0.29, 0.717) is 17.7 Å². The standard InChI is InChI=1S/C23H32N4O/c1-16-8-9-19(17(2)14-16)27-20-7-5-6-18(20)21(25-27)22(28)24-11-13-26-12-10-23(3,4)15-26/h8-9,14H,5-7,10-13,15H2,1-4H3,(H,24,28). The molecule has 1 aliphatic heterocycles. The van der Waals surface area contributed by atoms with Crippen molar-refractivity contribution in [2.45, 2.75) is 53.4 Å². The van der Waals surface area contributed by atoms with E-state index in [1.807, 2.05) is 4.68 Å². The average Bonchev–Trinajstić information content (AvgIpc) is 3.30. The number of nitrogens with zero attached hydrogens (tertiary/aromatic N) is 3. The number of likely N-dealkylation sites (tertiary alicyclic amines) is 1. The molecule has 4 rings (SSSR count). The van der Waals surface area contributed by atoms with Gasteiger partial charge in [0.1, 0.15) is 0 Å². The molecule has 2 aliphatic rings. The van der Waals surface area contributed by atoms with Gasteiger partial charge in [0.05, 0.1) is 5.69 Å². The Morgan fingerprint density at radius 2 is 2.07 bits per heavy atom. The van der Waals surface area contributed by atoms with Gasteiger partial charge >= 0.3 is 0 Å². The number of amides is 1. The number of hydrogen-bond acceptors (Lipinski definition) is 3. The van der Waals surface area contributed by atoms with Crippen molar-refractivity contribution in [2.24, 2.45) is 5.41 Å². The van der Waals surface area contributed by atoms with E-state index in [0.717, 1.165) is 50.1 Å². The van der Waals surface area contributed by atoms with Crippen molar-refractivity contribution in [1.29, 1.82) is 0 Å². The Morgan fingerprint density at radius 1 is 1.25 bits per heavy atom. The Morgan fingerprint density at radius 3 is 2.79 bits per heavy atom. The van der Waals surface area contributed by atoms with Crippen LogP contribution in [-0.4, -0.2) is 46.8 Å². The van der Waals surface area contributed by atoms with Crippen LogP contribution in [0.15, 0.2) is 18.2 Å². The monoisotopic (exact) mass is 380 g/mol. The van der Waals surface area contributed by atoms with E-state index >= 15 is 0 Å². The van der Waals surface area contributed by atoms with Crippen LogP contribution in [0.4, 0.5) is 0 Å². The summed E-state index contributed by atoms with van der Waals surface area (Å²) in [5.74, 6) is -0.0277. The zero-order valence-electron chi connectivity index (χ0n) is 17.6. The van der Waals surface area contributed by atoms with Gasteiger partial charge in [0, 0.05) is 30.9 Å². The number of benzene rings is 1. The predicted octanol–water partition coefficient (Wildman–Crippen LogP) is 3.44. The summed E-state index contributed by atoms with van der Waals surface area (Å²) in [7, 11) is 0. The van der Waals surface area contributed by atoms with Crippen LogP contribution in [0.5, 0.6) is 0 Å². The highest BCUT2D eigenvalue weighted by Gasteiger charge is 2.30. The van der Waals surface area contributed by atoms with Crippen LogP contribution < -0.4 is 5.32 Å². The molecule has 5 nitrogen and oxygen atoms in total. The number of aromatic nitrogens is 2. The molecule has 1 amide bonds. The zero-order valence-corrected chi connectivity index (χ0v) is 17.6. The maximum atomic E-state index is 12.9. The Hall–Kier alpha value is -2.14. The van der Waals surface area contributed by atoms with Crippen LogP contribution in [0.3, 0.4) is 0 Å². The molecule has 28 heavy (non-hydrogen) atoms. The van der Waals surface area contributed by atoms with Gasteiger partial charge in [0.15, 0.2) is 5.69 Å². The Balaban J connectivity index is 1.48. The molecule has 0 unspecified atom stereocenters. The number of carbonyl (C=O) groups is 1. The minimum Gasteiger partial charge on any atom is -0.349 e. The Bertz CT molecular complexity index is 896. The average molecular weight is 381 g/mol. The molecule has 1 saturated heterocycles. The minimum atomic E-state index is -0.0277. The van der Waals surface area contributed by atoms with Crippen molar-refractivity contribution in [3.63, 3.8) is 0 Å². The number of nitrogens with one attached hydrogen (secondary N) is 1. The van der Waals surface area contributed by atoms with E-state index in [4.69, 9.17) is 5.10 Å². The van der Waals surface area contributed by atoms with Gasteiger partial charge in [-0.25, -0.2) is 4.68 Å². The summed E-state index contributed by atoms with van der Waals surface area (Å²) in [6.45, 7) is 12.7. The van der Waals surface area contributed by atoms with E-state index in [9.17, 15) is 4.79 Å². The minimum absolute atomic E-state index is 0.0277. The molecule has 0 saturated carbocycles. The largest absolute Gasteiger partial charge is 0.349 e. The van der Waals surface area contributed by atoms with E-state index in [1.165, 1.54) is 23.2 Å². The molecule has 0 atom stereocenters. The van der Waals surface area contributed by atoms with Gasteiger partial charge in [-0.15, -0.1) is 0 Å². The first-order valence-electron chi connectivity index (χ1n) is 10.5. The summed E-state index contributed by atoms with van der Waals surface area (Å²) in [6.07, 6.45) is 4.27. The van der Waals surface area contributed by atoms with Gasteiger partial charge in [0.25, 0.3) is 5.91 Å². The molecule has 1 fully saturated rings. The van der Waals surface area contributed by atoms with Crippen LogP contribution in [0.25, 0.3) is 5.69 Å². The van der Waals surface area contributed by atoms with E-state index in [-0.39, 0.29) is 5.91 Å². The van der Waals surface area contributed by atoms with Crippen LogP contribution in [0, 0.1) is 19.3 Å². The molecule has 0 spiro atoms.